The van der Waals surface area contributed by atoms with Gasteiger partial charge in [-0.1, -0.05) is 27.5 Å². The Labute approximate surface area is 125 Å². The highest BCUT2D eigenvalue weighted by Crippen LogP contribution is 2.27. The predicted molar refractivity (Wildman–Crippen MR) is 77.9 cm³/mol. The number of methoxy groups -OCH3 is 1. The number of ether oxygens (including phenoxy) is 1. The van der Waals surface area contributed by atoms with Crippen molar-refractivity contribution in [2.24, 2.45) is 0 Å². The monoisotopic (exact) mass is 431 g/mol. The summed E-state index contributed by atoms with van der Waals surface area (Å²) in [5, 5.41) is 3.15. The Bertz CT molecular complexity index is 467. The minimum Gasteiger partial charge on any atom is -0.465 e. The van der Waals surface area contributed by atoms with Crippen molar-refractivity contribution in [2.45, 2.75) is 0 Å². The lowest BCUT2D eigenvalue weighted by Gasteiger charge is -2.11. The highest BCUT2D eigenvalue weighted by Gasteiger charge is 2.18. The van der Waals surface area contributed by atoms with Gasteiger partial charge in [0.25, 0.3) is 0 Å². The Balaban J connectivity index is 3.25. The number of halogens is 3. The largest absolute Gasteiger partial charge is 0.465 e. The van der Waals surface area contributed by atoms with E-state index in [1.165, 1.54) is 13.2 Å². The van der Waals surface area contributed by atoms with E-state index in [1.807, 2.05) is 22.6 Å². The van der Waals surface area contributed by atoms with E-state index in [-0.39, 0.29) is 11.2 Å². The van der Waals surface area contributed by atoms with Crippen LogP contribution in [0.1, 0.15) is 10.4 Å². The molecule has 1 rings (SSSR count). The quantitative estimate of drug-likeness (QED) is 0.454. The summed E-state index contributed by atoms with van der Waals surface area (Å²) in [6, 6.07) is 3.13. The Hall–Kier alpha value is -0.340. The molecule has 1 amide bonds. The molecule has 1 aromatic rings. The molecule has 0 bridgehead atoms. The molecule has 4 nitrogen and oxygen atoms in total. The van der Waals surface area contributed by atoms with E-state index in [4.69, 9.17) is 11.6 Å². The van der Waals surface area contributed by atoms with Crippen molar-refractivity contribution in [3.05, 3.63) is 26.3 Å². The van der Waals surface area contributed by atoms with Crippen LogP contribution in [0.15, 0.2) is 12.1 Å². The smallest absolute Gasteiger partial charge is 0.341 e. The number of carbonyl (C=O) groups is 2. The summed E-state index contributed by atoms with van der Waals surface area (Å²) in [6.07, 6.45) is 0. The molecule has 0 spiro atoms. The van der Waals surface area contributed by atoms with Crippen molar-refractivity contribution in [3.63, 3.8) is 0 Å². The predicted octanol–water partition coefficient (Wildman–Crippen LogP) is 3.06. The van der Waals surface area contributed by atoms with E-state index < -0.39 is 5.97 Å². The minimum atomic E-state index is -0.518. The number of anilines is 1. The molecule has 0 radical (unpaired) electrons. The number of hydrogen-bond acceptors (Lipinski definition) is 3. The Morgan fingerprint density at radius 3 is 2.71 bits per heavy atom. The van der Waals surface area contributed by atoms with Gasteiger partial charge in [0.15, 0.2) is 0 Å². The van der Waals surface area contributed by atoms with Gasteiger partial charge in [-0.2, -0.15) is 0 Å². The van der Waals surface area contributed by atoms with E-state index in [0.29, 0.717) is 19.8 Å². The van der Waals surface area contributed by atoms with E-state index >= 15 is 0 Å². The zero-order valence-electron chi connectivity index (χ0n) is 8.72. The van der Waals surface area contributed by atoms with Crippen molar-refractivity contribution < 1.29 is 14.3 Å². The SMILES string of the molecule is COC(=O)c1c(I)cc(Cl)cc1NC(=O)CBr. The molecule has 0 heterocycles. The molecule has 0 aliphatic carbocycles. The van der Waals surface area contributed by atoms with Gasteiger partial charge in [-0.3, -0.25) is 4.79 Å². The molecule has 1 N–H and O–H groups in total. The molecular weight excluding hydrogens is 424 g/mol. The summed E-state index contributed by atoms with van der Waals surface area (Å²) in [7, 11) is 1.28. The first-order chi connectivity index (χ1) is 7.99. The summed E-state index contributed by atoms with van der Waals surface area (Å²) in [5.41, 5.74) is 0.644. The summed E-state index contributed by atoms with van der Waals surface area (Å²) in [4.78, 5) is 22.9. The molecule has 0 saturated carbocycles. The Morgan fingerprint density at radius 2 is 2.18 bits per heavy atom. The molecule has 1 aromatic carbocycles. The van der Waals surface area contributed by atoms with Crippen molar-refractivity contribution in [1.29, 1.82) is 0 Å². The molecule has 0 atom stereocenters. The van der Waals surface area contributed by atoms with Crippen LogP contribution in [0, 0.1) is 3.57 Å². The zero-order chi connectivity index (χ0) is 13.0. The first kappa shape index (κ1) is 14.7. The molecule has 7 heteroatoms. The van der Waals surface area contributed by atoms with Crippen molar-refractivity contribution >= 4 is 67.7 Å². The molecule has 0 aliphatic heterocycles. The van der Waals surface area contributed by atoms with E-state index in [2.05, 4.69) is 26.0 Å². The van der Waals surface area contributed by atoms with Gasteiger partial charge in [-0.25, -0.2) is 4.79 Å². The van der Waals surface area contributed by atoms with Crippen molar-refractivity contribution in [2.75, 3.05) is 17.8 Å². The van der Waals surface area contributed by atoms with Gasteiger partial charge in [0.2, 0.25) is 5.91 Å². The second kappa shape index (κ2) is 6.55. The lowest BCUT2D eigenvalue weighted by molar-refractivity contribution is -0.113. The number of rotatable bonds is 3. The molecule has 0 aromatic heterocycles. The molecule has 0 saturated heterocycles. The van der Waals surface area contributed by atoms with Crippen LogP contribution in [0.3, 0.4) is 0 Å². The lowest BCUT2D eigenvalue weighted by Crippen LogP contribution is -2.17. The van der Waals surface area contributed by atoms with Crippen LogP contribution >= 0.6 is 50.1 Å². The third-order valence-corrected chi connectivity index (χ3v) is 3.42. The first-order valence-electron chi connectivity index (χ1n) is 4.42. The average molecular weight is 432 g/mol. The average Bonchev–Trinajstić information content (AvgIpc) is 2.27. The number of hydrogen-bond donors (Lipinski definition) is 1. The molecule has 0 fully saturated rings. The van der Waals surface area contributed by atoms with E-state index in [9.17, 15) is 9.59 Å². The fraction of sp³-hybridized carbons (Fsp3) is 0.200. The number of nitrogens with one attached hydrogen (secondary N) is 1. The van der Waals surface area contributed by atoms with Gasteiger partial charge in [0.05, 0.1) is 23.7 Å². The molecule has 17 heavy (non-hydrogen) atoms. The van der Waals surface area contributed by atoms with E-state index in [1.54, 1.807) is 6.07 Å². The highest BCUT2D eigenvalue weighted by molar-refractivity contribution is 14.1. The summed E-state index contributed by atoms with van der Waals surface area (Å²) < 4.78 is 5.28. The Kier molecular flexibility index (Phi) is 5.68. The van der Waals surface area contributed by atoms with Crippen LogP contribution < -0.4 is 5.32 Å². The second-order valence-electron chi connectivity index (χ2n) is 2.98. The molecular formula is C10H8BrClINO3. The number of amides is 1. The summed E-state index contributed by atoms with van der Waals surface area (Å²) in [5.74, 6) is -0.788. The van der Waals surface area contributed by atoms with E-state index in [0.717, 1.165) is 0 Å². The maximum atomic E-state index is 11.6. The van der Waals surface area contributed by atoms with Crippen LogP contribution in [0.2, 0.25) is 5.02 Å². The van der Waals surface area contributed by atoms with Gasteiger partial charge in [-0.15, -0.1) is 0 Å². The minimum absolute atomic E-state index is 0.136. The van der Waals surface area contributed by atoms with Crippen molar-refractivity contribution in [3.8, 4) is 0 Å². The zero-order valence-corrected chi connectivity index (χ0v) is 13.2. The third-order valence-electron chi connectivity index (χ3n) is 1.84. The highest BCUT2D eigenvalue weighted by atomic mass is 127. The number of carbonyl (C=O) groups excluding carboxylic acids is 2. The number of esters is 1. The van der Waals surface area contributed by atoms with Crippen molar-refractivity contribution in [1.82, 2.24) is 0 Å². The summed E-state index contributed by atoms with van der Waals surface area (Å²) >= 11 is 10.9. The van der Waals surface area contributed by atoms with Gasteiger partial charge >= 0.3 is 5.97 Å². The standard InChI is InChI=1S/C10H8BrClINO3/c1-17-10(16)9-6(13)2-5(12)3-7(9)14-8(15)4-11/h2-3H,4H2,1H3,(H,14,15). The third kappa shape index (κ3) is 3.82. The Morgan fingerprint density at radius 1 is 1.53 bits per heavy atom. The fourth-order valence-corrected chi connectivity index (χ4v) is 2.55. The van der Waals surface area contributed by atoms with Crippen LogP contribution in [0.25, 0.3) is 0 Å². The second-order valence-corrected chi connectivity index (χ2v) is 5.14. The topological polar surface area (TPSA) is 55.4 Å². The summed E-state index contributed by atoms with van der Waals surface area (Å²) in [6.45, 7) is 0. The van der Waals surface area contributed by atoms with Crippen LogP contribution in [0.4, 0.5) is 5.69 Å². The van der Waals surface area contributed by atoms with Crippen LogP contribution in [0.5, 0.6) is 0 Å². The molecule has 92 valence electrons. The number of alkyl halides is 1. The van der Waals surface area contributed by atoms with Gasteiger partial charge < -0.3 is 10.1 Å². The molecule has 0 unspecified atom stereocenters. The fourth-order valence-electron chi connectivity index (χ4n) is 1.17. The maximum Gasteiger partial charge on any atom is 0.341 e. The normalized spacial score (nSPS) is 9.88. The van der Waals surface area contributed by atoms with Crippen LogP contribution in [-0.2, 0) is 9.53 Å². The first-order valence-corrected chi connectivity index (χ1v) is 7.00. The van der Waals surface area contributed by atoms with Gasteiger partial charge in [-0.05, 0) is 34.7 Å². The van der Waals surface area contributed by atoms with Gasteiger partial charge in [0.1, 0.15) is 0 Å². The molecule has 0 aliphatic rings. The number of benzene rings is 1. The van der Waals surface area contributed by atoms with Gasteiger partial charge in [0, 0.05) is 8.59 Å². The maximum absolute atomic E-state index is 11.6. The van der Waals surface area contributed by atoms with Crippen LogP contribution in [-0.4, -0.2) is 24.3 Å². The lowest BCUT2D eigenvalue weighted by atomic mass is 10.2.